The second-order valence-corrected chi connectivity index (χ2v) is 5.18. The van der Waals surface area contributed by atoms with Crippen molar-refractivity contribution in [1.82, 2.24) is 0 Å². The van der Waals surface area contributed by atoms with Gasteiger partial charge in [0, 0.05) is 6.07 Å². The smallest absolute Gasteiger partial charge is 0.265 e. The molecule has 0 heterocycles. The summed E-state index contributed by atoms with van der Waals surface area (Å²) in [6.45, 7) is 3.44. The third-order valence-corrected chi connectivity index (χ3v) is 3.34. The molecule has 0 aliphatic carbocycles. The molecule has 0 unspecified atom stereocenters. The summed E-state index contributed by atoms with van der Waals surface area (Å²) in [4.78, 5) is 12.1. The normalized spacial score (nSPS) is 11.4. The lowest BCUT2D eigenvalue weighted by Crippen LogP contribution is -2.30. The van der Waals surface area contributed by atoms with Crippen LogP contribution in [0.5, 0.6) is 11.5 Å². The zero-order valence-corrected chi connectivity index (χ0v) is 14.0. The molecule has 2 aromatic carbocycles. The Labute approximate surface area is 148 Å². The number of ether oxygens (including phenoxy) is 2. The van der Waals surface area contributed by atoms with Crippen molar-refractivity contribution in [3.05, 3.63) is 53.3 Å². The fourth-order valence-electron chi connectivity index (χ4n) is 2.04. The topological polar surface area (TPSA) is 71.3 Å². The first-order chi connectivity index (χ1) is 12.4. The Morgan fingerprint density at radius 2 is 1.92 bits per heavy atom. The van der Waals surface area contributed by atoms with E-state index < -0.39 is 35.2 Å². The van der Waals surface area contributed by atoms with E-state index in [0.29, 0.717) is 18.2 Å². The Morgan fingerprint density at radius 1 is 1.19 bits per heavy atom. The van der Waals surface area contributed by atoms with Gasteiger partial charge < -0.3 is 14.8 Å². The summed E-state index contributed by atoms with van der Waals surface area (Å²) in [5.41, 5.74) is -0.157. The largest absolute Gasteiger partial charge is 0.490 e. The summed E-state index contributed by atoms with van der Waals surface area (Å²) in [5.74, 6) is -4.84. The van der Waals surface area contributed by atoms with Crippen LogP contribution in [0.3, 0.4) is 0 Å². The van der Waals surface area contributed by atoms with Gasteiger partial charge in [-0.05, 0) is 38.1 Å². The molecular weight excluding hydrogens is 349 g/mol. The molecule has 0 saturated carbocycles. The van der Waals surface area contributed by atoms with Gasteiger partial charge in [0.25, 0.3) is 5.91 Å². The number of nitrogens with zero attached hydrogens (tertiary/aromatic N) is 1. The number of nitriles is 1. The first-order valence-electron chi connectivity index (χ1n) is 7.65. The predicted octanol–water partition coefficient (Wildman–Crippen LogP) is 3.78. The highest BCUT2D eigenvalue weighted by Crippen LogP contribution is 2.29. The second kappa shape index (κ2) is 8.25. The van der Waals surface area contributed by atoms with Crippen LogP contribution in [0.25, 0.3) is 0 Å². The number of rotatable bonds is 6. The monoisotopic (exact) mass is 364 g/mol. The lowest BCUT2D eigenvalue weighted by Gasteiger charge is -2.17. The van der Waals surface area contributed by atoms with Gasteiger partial charge in [-0.3, -0.25) is 4.79 Å². The van der Waals surface area contributed by atoms with Crippen molar-refractivity contribution in [1.29, 1.82) is 5.26 Å². The molecule has 0 aliphatic heterocycles. The van der Waals surface area contributed by atoms with E-state index in [-0.39, 0.29) is 11.5 Å². The molecule has 0 spiro atoms. The van der Waals surface area contributed by atoms with E-state index in [9.17, 15) is 18.0 Å². The van der Waals surface area contributed by atoms with Crippen molar-refractivity contribution in [2.45, 2.75) is 20.0 Å². The summed E-state index contributed by atoms with van der Waals surface area (Å²) in [5, 5.41) is 11.1. The molecule has 0 saturated heterocycles. The van der Waals surface area contributed by atoms with E-state index in [1.54, 1.807) is 6.92 Å². The SMILES string of the molecule is CCOc1cc(C#N)ccc1O[C@@H](C)C(=O)Nc1ccc(F)c(F)c1F. The van der Waals surface area contributed by atoms with Gasteiger partial charge in [0.2, 0.25) is 0 Å². The fourth-order valence-corrected chi connectivity index (χ4v) is 2.04. The lowest BCUT2D eigenvalue weighted by atomic mass is 10.2. The van der Waals surface area contributed by atoms with E-state index in [4.69, 9.17) is 14.7 Å². The van der Waals surface area contributed by atoms with Crippen LogP contribution in [0.4, 0.5) is 18.9 Å². The minimum atomic E-state index is -1.68. The minimum Gasteiger partial charge on any atom is -0.490 e. The number of hydrogen-bond donors (Lipinski definition) is 1. The Balaban J connectivity index is 2.15. The molecule has 0 aromatic heterocycles. The van der Waals surface area contributed by atoms with E-state index in [0.717, 1.165) is 6.07 Å². The average molecular weight is 364 g/mol. The molecule has 8 heteroatoms. The van der Waals surface area contributed by atoms with Gasteiger partial charge in [-0.2, -0.15) is 5.26 Å². The highest BCUT2D eigenvalue weighted by Gasteiger charge is 2.21. The molecule has 0 fully saturated rings. The quantitative estimate of drug-likeness (QED) is 0.792. The zero-order chi connectivity index (χ0) is 19.3. The molecule has 2 rings (SSSR count). The first kappa shape index (κ1) is 19.1. The van der Waals surface area contributed by atoms with Crippen LogP contribution in [0.1, 0.15) is 19.4 Å². The number of carbonyl (C=O) groups excluding carboxylic acids is 1. The van der Waals surface area contributed by atoms with Crippen LogP contribution in [0.15, 0.2) is 30.3 Å². The molecule has 1 atom stereocenters. The summed E-state index contributed by atoms with van der Waals surface area (Å²) in [7, 11) is 0. The van der Waals surface area contributed by atoms with Crippen molar-refractivity contribution >= 4 is 11.6 Å². The van der Waals surface area contributed by atoms with Crippen molar-refractivity contribution in [2.75, 3.05) is 11.9 Å². The number of hydrogen-bond acceptors (Lipinski definition) is 4. The zero-order valence-electron chi connectivity index (χ0n) is 14.0. The van der Waals surface area contributed by atoms with Gasteiger partial charge in [0.1, 0.15) is 0 Å². The molecular formula is C18H15F3N2O3. The maximum atomic E-state index is 13.6. The van der Waals surface area contributed by atoms with Gasteiger partial charge in [-0.15, -0.1) is 0 Å². The molecule has 1 amide bonds. The fraction of sp³-hybridized carbons (Fsp3) is 0.222. The second-order valence-electron chi connectivity index (χ2n) is 5.18. The van der Waals surface area contributed by atoms with Crippen molar-refractivity contribution in [3.8, 4) is 17.6 Å². The summed E-state index contributed by atoms with van der Waals surface area (Å²) >= 11 is 0. The number of amides is 1. The highest BCUT2D eigenvalue weighted by atomic mass is 19.2. The lowest BCUT2D eigenvalue weighted by molar-refractivity contribution is -0.122. The molecule has 5 nitrogen and oxygen atoms in total. The molecule has 0 aliphatic rings. The van der Waals surface area contributed by atoms with Crippen LogP contribution in [0.2, 0.25) is 0 Å². The molecule has 1 N–H and O–H groups in total. The molecule has 0 bridgehead atoms. The van der Waals surface area contributed by atoms with E-state index in [1.165, 1.54) is 25.1 Å². The number of carbonyl (C=O) groups is 1. The van der Waals surface area contributed by atoms with E-state index in [2.05, 4.69) is 5.32 Å². The summed E-state index contributed by atoms with van der Waals surface area (Å²) in [6.07, 6.45) is -1.10. The Kier molecular flexibility index (Phi) is 6.07. The van der Waals surface area contributed by atoms with E-state index in [1.807, 2.05) is 6.07 Å². The number of halogens is 3. The van der Waals surface area contributed by atoms with Crippen LogP contribution in [0, 0.1) is 28.8 Å². The molecule has 2 aromatic rings. The maximum Gasteiger partial charge on any atom is 0.265 e. The van der Waals surface area contributed by atoms with Gasteiger partial charge in [-0.1, -0.05) is 0 Å². The van der Waals surface area contributed by atoms with Gasteiger partial charge in [0.05, 0.1) is 23.9 Å². The number of nitrogens with one attached hydrogen (secondary N) is 1. The highest BCUT2D eigenvalue weighted by molar-refractivity contribution is 5.94. The van der Waals surface area contributed by atoms with Gasteiger partial charge in [0.15, 0.2) is 35.1 Å². The third-order valence-electron chi connectivity index (χ3n) is 3.34. The van der Waals surface area contributed by atoms with Gasteiger partial charge in [-0.25, -0.2) is 13.2 Å². The third kappa shape index (κ3) is 4.25. The first-order valence-corrected chi connectivity index (χ1v) is 7.65. The standard InChI is InChI=1S/C18H15F3N2O3/c1-3-25-15-8-11(9-22)4-7-14(15)26-10(2)18(24)23-13-6-5-12(19)16(20)17(13)21/h4-8,10H,3H2,1-2H3,(H,23,24)/t10-/m0/s1. The molecule has 0 radical (unpaired) electrons. The average Bonchev–Trinajstić information content (AvgIpc) is 2.63. The van der Waals surface area contributed by atoms with Crippen LogP contribution < -0.4 is 14.8 Å². The maximum absolute atomic E-state index is 13.6. The predicted molar refractivity (Wildman–Crippen MR) is 87.4 cm³/mol. The minimum absolute atomic E-state index is 0.208. The number of anilines is 1. The van der Waals surface area contributed by atoms with E-state index >= 15 is 0 Å². The Hall–Kier alpha value is -3.21. The molecule has 26 heavy (non-hydrogen) atoms. The van der Waals surface area contributed by atoms with Crippen LogP contribution in [-0.4, -0.2) is 18.6 Å². The van der Waals surface area contributed by atoms with Gasteiger partial charge >= 0.3 is 0 Å². The van der Waals surface area contributed by atoms with Crippen molar-refractivity contribution < 1.29 is 27.4 Å². The van der Waals surface area contributed by atoms with Crippen molar-refractivity contribution in [3.63, 3.8) is 0 Å². The Morgan fingerprint density at radius 3 is 2.58 bits per heavy atom. The Bertz CT molecular complexity index is 865. The summed E-state index contributed by atoms with van der Waals surface area (Å²) in [6, 6.07) is 7.97. The number of benzene rings is 2. The van der Waals surface area contributed by atoms with Crippen LogP contribution >= 0.6 is 0 Å². The van der Waals surface area contributed by atoms with Crippen LogP contribution in [-0.2, 0) is 4.79 Å². The summed E-state index contributed by atoms with van der Waals surface area (Å²) < 4.78 is 50.7. The molecule has 136 valence electrons. The van der Waals surface area contributed by atoms with Crippen molar-refractivity contribution in [2.24, 2.45) is 0 Å².